The van der Waals surface area contributed by atoms with E-state index in [1.807, 2.05) is 6.92 Å². The molecular weight excluding hydrogens is 316 g/mol. The zero-order chi connectivity index (χ0) is 17.4. The first-order valence-corrected chi connectivity index (χ1v) is 9.43. The van der Waals surface area contributed by atoms with Gasteiger partial charge in [0.1, 0.15) is 0 Å². The molecule has 0 aliphatic carbocycles. The number of nitrogens with zero attached hydrogens (tertiary/aromatic N) is 3. The number of hydrogen-bond acceptors (Lipinski definition) is 3. The first-order valence-electron chi connectivity index (χ1n) is 8.55. The molecular formula is C19H28N4S. The molecule has 1 N–H and O–H groups in total. The lowest BCUT2D eigenvalue weighted by Gasteiger charge is -2.23. The molecule has 0 saturated heterocycles. The number of rotatable bonds is 7. The highest BCUT2D eigenvalue weighted by Crippen LogP contribution is 2.11. The number of nitrogens with one attached hydrogen (secondary N) is 1. The normalized spacial score (nSPS) is 11.6. The molecule has 1 aromatic carbocycles. The Labute approximate surface area is 149 Å². The molecule has 0 amide bonds. The molecule has 2 aromatic rings. The van der Waals surface area contributed by atoms with Gasteiger partial charge < -0.3 is 10.2 Å². The van der Waals surface area contributed by atoms with Crippen molar-refractivity contribution in [3.8, 4) is 0 Å². The van der Waals surface area contributed by atoms with Crippen LogP contribution in [0, 0.1) is 13.8 Å². The summed E-state index contributed by atoms with van der Waals surface area (Å²) in [4.78, 5) is 11.5. The molecule has 0 fully saturated rings. The maximum absolute atomic E-state index is 4.77. The highest BCUT2D eigenvalue weighted by atomic mass is 32.1. The van der Waals surface area contributed by atoms with Gasteiger partial charge in [-0.25, -0.2) is 4.98 Å². The van der Waals surface area contributed by atoms with Crippen LogP contribution in [0.2, 0.25) is 0 Å². The van der Waals surface area contributed by atoms with Crippen molar-refractivity contribution in [1.29, 1.82) is 0 Å². The lowest BCUT2D eigenvalue weighted by Crippen LogP contribution is -2.38. The molecule has 5 heteroatoms. The Balaban J connectivity index is 1.90. The molecule has 1 aromatic heterocycles. The van der Waals surface area contributed by atoms with E-state index in [1.54, 1.807) is 11.3 Å². The van der Waals surface area contributed by atoms with Gasteiger partial charge in [-0.3, -0.25) is 4.99 Å². The van der Waals surface area contributed by atoms with Crippen LogP contribution in [0.1, 0.15) is 35.2 Å². The largest absolute Gasteiger partial charge is 0.357 e. The van der Waals surface area contributed by atoms with E-state index in [9.17, 15) is 0 Å². The van der Waals surface area contributed by atoms with Gasteiger partial charge in [-0.1, -0.05) is 24.3 Å². The van der Waals surface area contributed by atoms with Gasteiger partial charge in [-0.15, -0.1) is 11.3 Å². The average Bonchev–Trinajstić information content (AvgIpc) is 2.98. The van der Waals surface area contributed by atoms with Crippen molar-refractivity contribution in [2.75, 3.05) is 20.1 Å². The highest BCUT2D eigenvalue weighted by molar-refractivity contribution is 7.09. The zero-order valence-corrected chi connectivity index (χ0v) is 16.0. The molecule has 0 aliphatic heterocycles. The predicted molar refractivity (Wildman–Crippen MR) is 104 cm³/mol. The van der Waals surface area contributed by atoms with Crippen LogP contribution in [-0.4, -0.2) is 36.0 Å². The van der Waals surface area contributed by atoms with Crippen LogP contribution in [-0.2, 0) is 13.0 Å². The molecule has 0 spiro atoms. The maximum Gasteiger partial charge on any atom is 0.193 e. The fourth-order valence-electron chi connectivity index (χ4n) is 2.52. The first kappa shape index (κ1) is 18.5. The van der Waals surface area contributed by atoms with E-state index in [-0.39, 0.29) is 0 Å². The SMILES string of the molecule is CCNC(=NCCCc1nc(C)cs1)N(C)Cc1ccccc1C. The van der Waals surface area contributed by atoms with Gasteiger partial charge in [-0.05, 0) is 38.3 Å². The van der Waals surface area contributed by atoms with Crippen molar-refractivity contribution in [3.05, 3.63) is 51.5 Å². The third kappa shape index (κ3) is 5.64. The second-order valence-electron chi connectivity index (χ2n) is 6.00. The standard InChI is InChI=1S/C19H28N4S/c1-5-20-19(21-12-8-11-18-22-16(3)14-24-18)23(4)13-17-10-7-6-9-15(17)2/h6-7,9-10,14H,5,8,11-13H2,1-4H3,(H,20,21). The Hall–Kier alpha value is -1.88. The summed E-state index contributed by atoms with van der Waals surface area (Å²) in [6, 6.07) is 8.51. The molecule has 24 heavy (non-hydrogen) atoms. The summed E-state index contributed by atoms with van der Waals surface area (Å²) in [6.07, 6.45) is 2.03. The number of benzene rings is 1. The summed E-state index contributed by atoms with van der Waals surface area (Å²) >= 11 is 1.74. The van der Waals surface area contributed by atoms with Crippen molar-refractivity contribution in [2.24, 2.45) is 4.99 Å². The van der Waals surface area contributed by atoms with Crippen LogP contribution in [0.15, 0.2) is 34.6 Å². The van der Waals surface area contributed by atoms with E-state index in [1.165, 1.54) is 16.1 Å². The predicted octanol–water partition coefficient (Wildman–Crippen LogP) is 3.79. The summed E-state index contributed by atoms with van der Waals surface area (Å²) in [5, 5.41) is 6.71. The highest BCUT2D eigenvalue weighted by Gasteiger charge is 2.08. The Morgan fingerprint density at radius 2 is 2.08 bits per heavy atom. The third-order valence-corrected chi connectivity index (χ3v) is 4.87. The fraction of sp³-hybridized carbons (Fsp3) is 0.474. The Morgan fingerprint density at radius 1 is 1.29 bits per heavy atom. The van der Waals surface area contributed by atoms with Crippen molar-refractivity contribution in [2.45, 2.75) is 40.2 Å². The maximum atomic E-state index is 4.77. The summed E-state index contributed by atoms with van der Waals surface area (Å²) < 4.78 is 0. The van der Waals surface area contributed by atoms with Crippen LogP contribution in [0.4, 0.5) is 0 Å². The summed E-state index contributed by atoms with van der Waals surface area (Å²) in [5.74, 6) is 0.969. The quantitative estimate of drug-likeness (QED) is 0.472. The van der Waals surface area contributed by atoms with Gasteiger partial charge in [0.2, 0.25) is 0 Å². The van der Waals surface area contributed by atoms with Crippen molar-refractivity contribution in [3.63, 3.8) is 0 Å². The average molecular weight is 345 g/mol. The van der Waals surface area contributed by atoms with Gasteiger partial charge in [0, 0.05) is 44.2 Å². The van der Waals surface area contributed by atoms with Crippen LogP contribution >= 0.6 is 11.3 Å². The number of aliphatic imine (C=N–C) groups is 1. The molecule has 0 bridgehead atoms. The number of aromatic nitrogens is 1. The second-order valence-corrected chi connectivity index (χ2v) is 6.95. The Morgan fingerprint density at radius 3 is 2.75 bits per heavy atom. The smallest absolute Gasteiger partial charge is 0.193 e. The minimum absolute atomic E-state index is 0.819. The molecule has 1 heterocycles. The monoisotopic (exact) mass is 344 g/mol. The van der Waals surface area contributed by atoms with Crippen LogP contribution in [0.3, 0.4) is 0 Å². The first-order chi connectivity index (χ1) is 11.6. The van der Waals surface area contributed by atoms with E-state index < -0.39 is 0 Å². The van der Waals surface area contributed by atoms with Crippen molar-refractivity contribution >= 4 is 17.3 Å². The van der Waals surface area contributed by atoms with Gasteiger partial charge in [-0.2, -0.15) is 0 Å². The van der Waals surface area contributed by atoms with Gasteiger partial charge in [0.05, 0.1) is 5.01 Å². The van der Waals surface area contributed by atoms with Gasteiger partial charge >= 0.3 is 0 Å². The lowest BCUT2D eigenvalue weighted by molar-refractivity contribution is 0.475. The molecule has 4 nitrogen and oxygen atoms in total. The van der Waals surface area contributed by atoms with E-state index >= 15 is 0 Å². The minimum atomic E-state index is 0.819. The van der Waals surface area contributed by atoms with Crippen molar-refractivity contribution < 1.29 is 0 Å². The molecule has 0 aliphatic rings. The summed E-state index contributed by atoms with van der Waals surface area (Å²) in [6.45, 7) is 8.87. The summed E-state index contributed by atoms with van der Waals surface area (Å²) in [5.41, 5.74) is 3.77. The molecule has 0 radical (unpaired) electrons. The minimum Gasteiger partial charge on any atom is -0.357 e. The van der Waals surface area contributed by atoms with E-state index in [0.29, 0.717) is 0 Å². The van der Waals surface area contributed by atoms with Gasteiger partial charge in [0.25, 0.3) is 0 Å². The Kier molecular flexibility index (Phi) is 7.25. The lowest BCUT2D eigenvalue weighted by atomic mass is 10.1. The van der Waals surface area contributed by atoms with Gasteiger partial charge in [0.15, 0.2) is 5.96 Å². The number of guanidine groups is 1. The molecule has 130 valence electrons. The van der Waals surface area contributed by atoms with E-state index in [2.05, 4.69) is 65.7 Å². The number of thiazole rings is 1. The van der Waals surface area contributed by atoms with Crippen molar-refractivity contribution in [1.82, 2.24) is 15.2 Å². The number of aryl methyl sites for hydroxylation is 3. The van der Waals surface area contributed by atoms with E-state index in [4.69, 9.17) is 4.99 Å². The Bertz CT molecular complexity index is 663. The van der Waals surface area contributed by atoms with Crippen LogP contribution in [0.5, 0.6) is 0 Å². The van der Waals surface area contributed by atoms with E-state index in [0.717, 1.165) is 44.1 Å². The summed E-state index contributed by atoms with van der Waals surface area (Å²) in [7, 11) is 2.10. The second kappa shape index (κ2) is 9.42. The number of hydrogen-bond donors (Lipinski definition) is 1. The topological polar surface area (TPSA) is 40.5 Å². The third-order valence-electron chi connectivity index (χ3n) is 3.84. The van der Waals surface area contributed by atoms with Crippen LogP contribution < -0.4 is 5.32 Å². The van der Waals surface area contributed by atoms with Crippen LogP contribution in [0.25, 0.3) is 0 Å². The zero-order valence-electron chi connectivity index (χ0n) is 15.2. The molecule has 0 unspecified atom stereocenters. The fourth-order valence-corrected chi connectivity index (χ4v) is 3.34. The molecule has 0 atom stereocenters. The molecule has 2 rings (SSSR count). The molecule has 0 saturated carbocycles.